The molecule has 0 saturated heterocycles. The number of nitrogens with one attached hydrogen (secondary N) is 2. The van der Waals surface area contributed by atoms with Crippen molar-refractivity contribution in [2.24, 2.45) is 5.41 Å². The van der Waals surface area contributed by atoms with E-state index < -0.39 is 0 Å². The molecule has 0 aromatic carbocycles. The van der Waals surface area contributed by atoms with Gasteiger partial charge in [-0.3, -0.25) is 0 Å². The molecule has 1 fully saturated rings. The summed E-state index contributed by atoms with van der Waals surface area (Å²) in [6.45, 7) is 12.8. The van der Waals surface area contributed by atoms with Crippen molar-refractivity contribution in [2.75, 3.05) is 7.05 Å². The van der Waals surface area contributed by atoms with Crippen LogP contribution in [0.1, 0.15) is 66.2 Å². The minimum absolute atomic E-state index is 0.479. The van der Waals surface area contributed by atoms with Crippen LogP contribution in [-0.2, 0) is 0 Å². The summed E-state index contributed by atoms with van der Waals surface area (Å²) in [6, 6.07) is 0.634. The van der Waals surface area contributed by atoms with Crippen molar-refractivity contribution in [3.05, 3.63) is 12.2 Å². The molecule has 0 aromatic rings. The van der Waals surface area contributed by atoms with E-state index in [0.717, 1.165) is 24.1 Å². The summed E-state index contributed by atoms with van der Waals surface area (Å²) in [5.74, 6) is 0. The fourth-order valence-electron chi connectivity index (χ4n) is 1.96. The first-order chi connectivity index (χ1) is 8.34. The highest BCUT2D eigenvalue weighted by Gasteiger charge is 2.24. The number of rotatable bonds is 2. The maximum atomic E-state index is 7.78. The van der Waals surface area contributed by atoms with Gasteiger partial charge in [0.05, 0.1) is 0 Å². The van der Waals surface area contributed by atoms with Gasteiger partial charge in [-0.05, 0) is 50.1 Å². The van der Waals surface area contributed by atoms with Crippen LogP contribution in [0.4, 0.5) is 0 Å². The standard InChI is InChI=1S/C12H21N.C4H11N/c1-4-12(3)8-5-6-10(2)11(13)7-9-12;1-4(2)5-3/h13H,2,4-9H2,1,3H3;4-5H,1-3H3. The molecule has 2 N–H and O–H groups in total. The summed E-state index contributed by atoms with van der Waals surface area (Å²) >= 11 is 0. The fraction of sp³-hybridized carbons (Fsp3) is 0.812. The van der Waals surface area contributed by atoms with Crippen molar-refractivity contribution in [1.29, 1.82) is 5.41 Å². The van der Waals surface area contributed by atoms with Crippen LogP contribution in [0.15, 0.2) is 12.2 Å². The predicted octanol–water partition coefficient (Wildman–Crippen LogP) is 4.56. The third-order valence-corrected chi connectivity index (χ3v) is 4.10. The third kappa shape index (κ3) is 6.95. The normalized spacial score (nSPS) is 25.2. The van der Waals surface area contributed by atoms with E-state index in [4.69, 9.17) is 5.41 Å². The van der Waals surface area contributed by atoms with Crippen LogP contribution in [0, 0.1) is 10.8 Å². The van der Waals surface area contributed by atoms with Crippen molar-refractivity contribution in [1.82, 2.24) is 5.32 Å². The number of allylic oxidation sites excluding steroid dienone is 1. The highest BCUT2D eigenvalue weighted by Crippen LogP contribution is 2.36. The van der Waals surface area contributed by atoms with Gasteiger partial charge in [0, 0.05) is 11.8 Å². The van der Waals surface area contributed by atoms with Crippen LogP contribution in [0.25, 0.3) is 0 Å². The van der Waals surface area contributed by atoms with E-state index in [0.29, 0.717) is 11.5 Å². The first-order valence-corrected chi connectivity index (χ1v) is 7.27. The summed E-state index contributed by atoms with van der Waals surface area (Å²) < 4.78 is 0. The lowest BCUT2D eigenvalue weighted by atomic mass is 9.75. The van der Waals surface area contributed by atoms with Crippen LogP contribution < -0.4 is 5.32 Å². The van der Waals surface area contributed by atoms with Crippen molar-refractivity contribution in [2.45, 2.75) is 72.3 Å². The lowest BCUT2D eigenvalue weighted by Gasteiger charge is -2.30. The quantitative estimate of drug-likeness (QED) is 0.742. The van der Waals surface area contributed by atoms with Gasteiger partial charge in [-0.25, -0.2) is 0 Å². The lowest BCUT2D eigenvalue weighted by molar-refractivity contribution is 0.256. The third-order valence-electron chi connectivity index (χ3n) is 4.10. The van der Waals surface area contributed by atoms with Gasteiger partial charge >= 0.3 is 0 Å². The Morgan fingerprint density at radius 2 is 1.89 bits per heavy atom. The molecule has 2 heteroatoms. The molecule has 2 nitrogen and oxygen atoms in total. The van der Waals surface area contributed by atoms with Crippen LogP contribution in [0.2, 0.25) is 0 Å². The average Bonchev–Trinajstić information content (AvgIpc) is 2.35. The molecule has 18 heavy (non-hydrogen) atoms. The predicted molar refractivity (Wildman–Crippen MR) is 82.5 cm³/mol. The van der Waals surface area contributed by atoms with Crippen molar-refractivity contribution in [3.8, 4) is 0 Å². The molecular formula is C16H32N2. The molecule has 0 radical (unpaired) electrons. The van der Waals surface area contributed by atoms with E-state index in [9.17, 15) is 0 Å². The minimum Gasteiger partial charge on any atom is -0.318 e. The van der Waals surface area contributed by atoms with Crippen LogP contribution in [0.5, 0.6) is 0 Å². The Labute approximate surface area is 114 Å². The molecule has 1 aliphatic carbocycles. The van der Waals surface area contributed by atoms with E-state index in [1.54, 1.807) is 0 Å². The van der Waals surface area contributed by atoms with Gasteiger partial charge in [-0.1, -0.05) is 40.7 Å². The zero-order chi connectivity index (χ0) is 14.2. The highest BCUT2D eigenvalue weighted by molar-refractivity contribution is 5.97. The van der Waals surface area contributed by atoms with Gasteiger partial charge in [0.1, 0.15) is 0 Å². The van der Waals surface area contributed by atoms with Gasteiger partial charge in [0.25, 0.3) is 0 Å². The Morgan fingerprint density at radius 3 is 2.33 bits per heavy atom. The molecule has 1 rings (SSSR count). The molecule has 106 valence electrons. The molecule has 1 saturated carbocycles. The first kappa shape index (κ1) is 17.4. The van der Waals surface area contributed by atoms with E-state index in [1.165, 1.54) is 25.7 Å². The van der Waals surface area contributed by atoms with Crippen molar-refractivity contribution < 1.29 is 0 Å². The topological polar surface area (TPSA) is 35.9 Å². The molecule has 0 amide bonds. The summed E-state index contributed by atoms with van der Waals surface area (Å²) in [5, 5.41) is 10.8. The second kappa shape index (κ2) is 8.47. The second-order valence-electron chi connectivity index (χ2n) is 6.04. The molecule has 1 atom stereocenters. The smallest absolute Gasteiger partial charge is 0.0340 e. The fourth-order valence-corrected chi connectivity index (χ4v) is 1.96. The van der Waals surface area contributed by atoms with E-state index in [2.05, 4.69) is 39.6 Å². The van der Waals surface area contributed by atoms with Crippen molar-refractivity contribution in [3.63, 3.8) is 0 Å². The lowest BCUT2D eigenvalue weighted by Crippen LogP contribution is -2.20. The first-order valence-electron chi connectivity index (χ1n) is 7.27. The highest BCUT2D eigenvalue weighted by atomic mass is 14.8. The summed E-state index contributed by atoms with van der Waals surface area (Å²) in [6.07, 6.45) is 6.90. The molecule has 0 bridgehead atoms. The second-order valence-corrected chi connectivity index (χ2v) is 6.04. The van der Waals surface area contributed by atoms with E-state index in [-0.39, 0.29) is 0 Å². The van der Waals surface area contributed by atoms with E-state index >= 15 is 0 Å². The molecule has 0 aromatic heterocycles. The molecule has 1 aliphatic rings. The Morgan fingerprint density at radius 1 is 1.33 bits per heavy atom. The molecule has 0 spiro atoms. The maximum absolute atomic E-state index is 7.78. The largest absolute Gasteiger partial charge is 0.318 e. The monoisotopic (exact) mass is 252 g/mol. The molecule has 0 aliphatic heterocycles. The Bertz CT molecular complexity index is 268. The maximum Gasteiger partial charge on any atom is 0.0340 e. The Balaban J connectivity index is 0.000000494. The van der Waals surface area contributed by atoms with Crippen LogP contribution in [0.3, 0.4) is 0 Å². The number of hydrogen-bond acceptors (Lipinski definition) is 2. The average molecular weight is 252 g/mol. The van der Waals surface area contributed by atoms with Crippen LogP contribution >= 0.6 is 0 Å². The SMILES string of the molecule is C=C1CCCC(C)(CC)CCC1=N.CNC(C)C. The Hall–Kier alpha value is -0.630. The minimum atomic E-state index is 0.479. The van der Waals surface area contributed by atoms with Gasteiger partial charge in [-0.2, -0.15) is 0 Å². The zero-order valence-electron chi connectivity index (χ0n) is 13.0. The van der Waals surface area contributed by atoms with Gasteiger partial charge in [0.2, 0.25) is 0 Å². The summed E-state index contributed by atoms with van der Waals surface area (Å²) in [5.41, 5.74) is 2.34. The van der Waals surface area contributed by atoms with Crippen molar-refractivity contribution >= 4 is 5.71 Å². The van der Waals surface area contributed by atoms with Crippen LogP contribution in [-0.4, -0.2) is 18.8 Å². The van der Waals surface area contributed by atoms with Gasteiger partial charge in [0.15, 0.2) is 0 Å². The van der Waals surface area contributed by atoms with E-state index in [1.807, 2.05) is 7.05 Å². The summed E-state index contributed by atoms with van der Waals surface area (Å²) in [4.78, 5) is 0. The summed E-state index contributed by atoms with van der Waals surface area (Å²) in [7, 11) is 1.95. The Kier molecular flexibility index (Phi) is 8.17. The molecule has 1 unspecified atom stereocenters. The zero-order valence-corrected chi connectivity index (χ0v) is 13.0. The van der Waals surface area contributed by atoms with Gasteiger partial charge < -0.3 is 10.7 Å². The molecular weight excluding hydrogens is 220 g/mol. The molecule has 0 heterocycles. The number of hydrogen-bond donors (Lipinski definition) is 2. The van der Waals surface area contributed by atoms with Gasteiger partial charge in [-0.15, -0.1) is 0 Å².